The third kappa shape index (κ3) is 2.92. The van der Waals surface area contributed by atoms with Crippen molar-refractivity contribution in [3.05, 3.63) is 69.6 Å². The zero-order chi connectivity index (χ0) is 14.5. The molecule has 0 unspecified atom stereocenters. The van der Waals surface area contributed by atoms with Crippen molar-refractivity contribution in [2.45, 2.75) is 6.54 Å². The molecule has 0 spiro atoms. The van der Waals surface area contributed by atoms with E-state index in [9.17, 15) is 0 Å². The van der Waals surface area contributed by atoms with E-state index >= 15 is 0 Å². The summed E-state index contributed by atoms with van der Waals surface area (Å²) < 4.78 is 10.7. The van der Waals surface area contributed by atoms with Gasteiger partial charge < -0.3 is 9.47 Å². The van der Waals surface area contributed by atoms with E-state index in [1.165, 1.54) is 0 Å². The molecule has 3 rings (SSSR count). The predicted molar refractivity (Wildman–Crippen MR) is 77.8 cm³/mol. The molecule has 1 heterocycles. The van der Waals surface area contributed by atoms with Crippen LogP contribution in [0.15, 0.2) is 47.6 Å². The van der Waals surface area contributed by atoms with Crippen molar-refractivity contribution in [3.8, 4) is 23.3 Å². The van der Waals surface area contributed by atoms with Crippen LogP contribution in [0, 0.1) is 11.8 Å². The van der Waals surface area contributed by atoms with Gasteiger partial charge in [0.2, 0.25) is 6.79 Å². The van der Waals surface area contributed by atoms with Gasteiger partial charge in [0, 0.05) is 22.1 Å². The van der Waals surface area contributed by atoms with Crippen molar-refractivity contribution < 1.29 is 9.47 Å². The van der Waals surface area contributed by atoms with Crippen molar-refractivity contribution in [2.24, 2.45) is 5.11 Å². The quantitative estimate of drug-likeness (QED) is 0.364. The molecule has 5 heteroatoms. The summed E-state index contributed by atoms with van der Waals surface area (Å²) in [6.45, 7) is 0.428. The Morgan fingerprint density at radius 2 is 1.86 bits per heavy atom. The molecule has 2 aromatic rings. The molecule has 0 bridgehead atoms. The maximum absolute atomic E-state index is 8.49. The van der Waals surface area contributed by atoms with Gasteiger partial charge in [0.1, 0.15) is 0 Å². The summed E-state index contributed by atoms with van der Waals surface area (Å²) in [6.07, 6.45) is 0. The number of fused-ring (bicyclic) bond motifs is 1. The topological polar surface area (TPSA) is 67.2 Å². The summed E-state index contributed by atoms with van der Waals surface area (Å²) in [5.41, 5.74) is 11.0. The van der Waals surface area contributed by atoms with Gasteiger partial charge in [-0.1, -0.05) is 35.2 Å². The summed E-state index contributed by atoms with van der Waals surface area (Å²) in [4.78, 5) is 2.79. The molecule has 1 aliphatic heterocycles. The highest BCUT2D eigenvalue weighted by atomic mass is 16.7. The first-order chi connectivity index (χ1) is 10.4. The highest BCUT2D eigenvalue weighted by Crippen LogP contribution is 2.34. The number of benzene rings is 2. The van der Waals surface area contributed by atoms with Gasteiger partial charge >= 0.3 is 0 Å². The normalized spacial score (nSPS) is 11.2. The third-order valence-electron chi connectivity index (χ3n) is 3.02. The van der Waals surface area contributed by atoms with E-state index in [0.717, 1.165) is 16.7 Å². The number of hydrogen-bond donors (Lipinski definition) is 0. The van der Waals surface area contributed by atoms with Crippen LogP contribution in [0.1, 0.15) is 16.7 Å². The van der Waals surface area contributed by atoms with Gasteiger partial charge in [0.15, 0.2) is 11.5 Å². The monoisotopic (exact) mass is 277 g/mol. The van der Waals surface area contributed by atoms with Crippen molar-refractivity contribution in [3.63, 3.8) is 0 Å². The fourth-order valence-electron chi connectivity index (χ4n) is 2.00. The molecular weight excluding hydrogens is 266 g/mol. The summed E-state index contributed by atoms with van der Waals surface area (Å²) >= 11 is 0. The van der Waals surface area contributed by atoms with Gasteiger partial charge in [-0.3, -0.25) is 0 Å². The van der Waals surface area contributed by atoms with Gasteiger partial charge in [0.05, 0.1) is 6.54 Å². The molecule has 0 aliphatic carbocycles. The average molecular weight is 277 g/mol. The number of rotatable bonds is 2. The van der Waals surface area contributed by atoms with E-state index in [-0.39, 0.29) is 13.3 Å². The first-order valence-corrected chi connectivity index (χ1v) is 6.37. The molecule has 0 saturated heterocycles. The second-order valence-electron chi connectivity index (χ2n) is 4.37. The molecule has 0 radical (unpaired) electrons. The molecule has 0 saturated carbocycles. The molecule has 21 heavy (non-hydrogen) atoms. The van der Waals surface area contributed by atoms with Gasteiger partial charge in [-0.15, -0.1) is 0 Å². The van der Waals surface area contributed by atoms with Crippen LogP contribution in [0.2, 0.25) is 0 Å². The summed E-state index contributed by atoms with van der Waals surface area (Å²) in [6, 6.07) is 13.3. The van der Waals surface area contributed by atoms with Crippen LogP contribution in [0.4, 0.5) is 0 Å². The van der Waals surface area contributed by atoms with Crippen LogP contribution in [0.25, 0.3) is 10.4 Å². The van der Waals surface area contributed by atoms with Crippen LogP contribution >= 0.6 is 0 Å². The van der Waals surface area contributed by atoms with E-state index in [2.05, 4.69) is 21.9 Å². The third-order valence-corrected chi connectivity index (χ3v) is 3.02. The Labute approximate surface area is 121 Å². The molecule has 102 valence electrons. The Hall–Kier alpha value is -3.09. The van der Waals surface area contributed by atoms with E-state index in [4.69, 9.17) is 15.0 Å². The molecule has 0 atom stereocenters. The molecule has 0 amide bonds. The first-order valence-electron chi connectivity index (χ1n) is 6.37. The maximum atomic E-state index is 8.49. The summed E-state index contributed by atoms with van der Waals surface area (Å²) in [5.74, 6) is 7.51. The number of azide groups is 1. The lowest BCUT2D eigenvalue weighted by Crippen LogP contribution is -1.92. The lowest BCUT2D eigenvalue weighted by atomic mass is 10.1. The number of ether oxygens (including phenoxy) is 2. The fraction of sp³-hybridized carbons (Fsp3) is 0.125. The Morgan fingerprint density at radius 3 is 2.62 bits per heavy atom. The number of hydrogen-bond acceptors (Lipinski definition) is 3. The maximum Gasteiger partial charge on any atom is 0.231 e. The Kier molecular flexibility index (Phi) is 3.64. The summed E-state index contributed by atoms with van der Waals surface area (Å²) in [7, 11) is 0. The van der Waals surface area contributed by atoms with Crippen LogP contribution in [0.3, 0.4) is 0 Å². The first kappa shape index (κ1) is 12.9. The van der Waals surface area contributed by atoms with Crippen molar-refractivity contribution in [2.75, 3.05) is 6.79 Å². The molecule has 5 nitrogen and oxygen atoms in total. The van der Waals surface area contributed by atoms with E-state index in [1.54, 1.807) is 0 Å². The fourth-order valence-corrected chi connectivity index (χ4v) is 2.00. The minimum Gasteiger partial charge on any atom is -0.454 e. The molecule has 0 aromatic heterocycles. The predicted octanol–water partition coefficient (Wildman–Crippen LogP) is 3.63. The van der Waals surface area contributed by atoms with Crippen LogP contribution in [0.5, 0.6) is 11.5 Å². The number of nitrogens with zero attached hydrogens (tertiary/aromatic N) is 3. The second kappa shape index (κ2) is 5.91. The van der Waals surface area contributed by atoms with E-state index in [1.807, 2.05) is 42.5 Å². The zero-order valence-corrected chi connectivity index (χ0v) is 11.1. The zero-order valence-electron chi connectivity index (χ0n) is 11.1. The molecule has 0 N–H and O–H groups in total. The smallest absolute Gasteiger partial charge is 0.231 e. The van der Waals surface area contributed by atoms with Gasteiger partial charge in [0.25, 0.3) is 0 Å². The molecule has 0 fully saturated rings. The van der Waals surface area contributed by atoms with Crippen LogP contribution in [-0.4, -0.2) is 6.79 Å². The standard InChI is InChI=1S/C16H11N3O2/c17-19-18-10-14-9-16-15(20-11-21-16)8-13(14)7-6-12-4-2-1-3-5-12/h1-5,8-9H,10-11H2. The second-order valence-corrected chi connectivity index (χ2v) is 4.37. The average Bonchev–Trinajstić information content (AvgIpc) is 2.98. The Bertz CT molecular complexity index is 769. The van der Waals surface area contributed by atoms with E-state index < -0.39 is 0 Å². The lowest BCUT2D eigenvalue weighted by Gasteiger charge is -2.03. The van der Waals surface area contributed by atoms with Crippen molar-refractivity contribution in [1.29, 1.82) is 0 Å². The molecular formula is C16H11N3O2. The van der Waals surface area contributed by atoms with Gasteiger partial charge in [-0.2, -0.15) is 0 Å². The molecule has 1 aliphatic rings. The minimum absolute atomic E-state index is 0.200. The van der Waals surface area contributed by atoms with Gasteiger partial charge in [-0.05, 0) is 29.3 Å². The Morgan fingerprint density at radius 1 is 1.10 bits per heavy atom. The Balaban J connectivity index is 2.00. The minimum atomic E-state index is 0.200. The van der Waals surface area contributed by atoms with Crippen LogP contribution < -0.4 is 9.47 Å². The highest BCUT2D eigenvalue weighted by Gasteiger charge is 2.16. The van der Waals surface area contributed by atoms with Gasteiger partial charge in [-0.25, -0.2) is 0 Å². The van der Waals surface area contributed by atoms with Crippen LogP contribution in [-0.2, 0) is 6.54 Å². The summed E-state index contributed by atoms with van der Waals surface area (Å²) in [5, 5.41) is 3.60. The molecule has 2 aromatic carbocycles. The largest absolute Gasteiger partial charge is 0.454 e. The van der Waals surface area contributed by atoms with Crippen molar-refractivity contribution in [1.82, 2.24) is 0 Å². The van der Waals surface area contributed by atoms with E-state index in [0.29, 0.717) is 11.5 Å². The highest BCUT2D eigenvalue weighted by molar-refractivity contribution is 5.55. The lowest BCUT2D eigenvalue weighted by molar-refractivity contribution is 0.174. The van der Waals surface area contributed by atoms with Crippen molar-refractivity contribution >= 4 is 0 Å². The SMILES string of the molecule is [N-]=[N+]=NCc1cc2c(cc1C#Cc1ccccc1)OCO2.